The second-order valence-corrected chi connectivity index (χ2v) is 2.47. The molecule has 3 nitrogen and oxygen atoms in total. The Morgan fingerprint density at radius 3 is 2.40 bits per heavy atom. The Morgan fingerprint density at radius 2 is 2.10 bits per heavy atom. The van der Waals surface area contributed by atoms with E-state index in [2.05, 4.69) is 4.74 Å². The molecule has 0 fully saturated rings. The molecule has 0 aromatic rings. The van der Waals surface area contributed by atoms with Gasteiger partial charge in [0.15, 0.2) is 0 Å². The number of esters is 1. The first-order valence-electron chi connectivity index (χ1n) is 2.51. The molecule has 5 heteroatoms. The average Bonchev–Trinajstić information content (AvgIpc) is 1.82. The predicted molar refractivity (Wildman–Crippen MR) is 37.1 cm³/mol. The fourth-order valence-electron chi connectivity index (χ4n) is 0.256. The number of alkyl halides is 1. The lowest BCUT2D eigenvalue weighted by Gasteiger charge is -2.02. The summed E-state index contributed by atoms with van der Waals surface area (Å²) in [7, 11) is 0. The summed E-state index contributed by atoms with van der Waals surface area (Å²) in [5, 5.41) is -1.66. The Bertz CT molecular complexity index is 146. The Balaban J connectivity index is 3.49. The van der Waals surface area contributed by atoms with Crippen molar-refractivity contribution < 1.29 is 14.3 Å². The molecule has 0 aromatic heterocycles. The zero-order chi connectivity index (χ0) is 8.15. The van der Waals surface area contributed by atoms with Crippen LogP contribution in [0.2, 0.25) is 0 Å². The van der Waals surface area contributed by atoms with Gasteiger partial charge in [-0.2, -0.15) is 0 Å². The second-order valence-electron chi connectivity index (χ2n) is 1.57. The van der Waals surface area contributed by atoms with Crippen molar-refractivity contribution in [2.75, 3.05) is 6.61 Å². The molecule has 0 radical (unpaired) electrons. The van der Waals surface area contributed by atoms with Gasteiger partial charge in [0, 0.05) is 6.92 Å². The van der Waals surface area contributed by atoms with Crippen LogP contribution < -0.4 is 0 Å². The van der Waals surface area contributed by atoms with Crippen LogP contribution in [0.3, 0.4) is 0 Å². The van der Waals surface area contributed by atoms with Crippen LogP contribution in [0.5, 0.6) is 0 Å². The first kappa shape index (κ1) is 9.72. The van der Waals surface area contributed by atoms with Crippen molar-refractivity contribution >= 4 is 34.4 Å². The standard InChI is InChI=1S/C5H6Cl2O3/c1-3(8)10-2-4(6)5(7)9/h4H,2H2,1H3. The van der Waals surface area contributed by atoms with Gasteiger partial charge in [-0.1, -0.05) is 0 Å². The van der Waals surface area contributed by atoms with E-state index in [-0.39, 0.29) is 6.61 Å². The SMILES string of the molecule is CC(=O)OCC(Cl)C(=O)Cl. The lowest BCUT2D eigenvalue weighted by Crippen LogP contribution is -2.17. The molecule has 0 saturated heterocycles. The maximum Gasteiger partial charge on any atom is 0.302 e. The molecule has 0 N–H and O–H groups in total. The molecule has 0 amide bonds. The Hall–Kier alpha value is -0.280. The zero-order valence-electron chi connectivity index (χ0n) is 5.27. The molecule has 10 heavy (non-hydrogen) atoms. The number of carbonyl (C=O) groups is 2. The molecular formula is C5H6Cl2O3. The van der Waals surface area contributed by atoms with E-state index in [0.717, 1.165) is 0 Å². The van der Waals surface area contributed by atoms with Gasteiger partial charge in [0.05, 0.1) is 0 Å². The van der Waals surface area contributed by atoms with Gasteiger partial charge in [-0.05, 0) is 11.6 Å². The molecule has 0 bridgehead atoms. The Morgan fingerprint density at radius 1 is 1.60 bits per heavy atom. The molecular weight excluding hydrogens is 179 g/mol. The number of hydrogen-bond acceptors (Lipinski definition) is 3. The second kappa shape index (κ2) is 4.52. The molecule has 58 valence electrons. The van der Waals surface area contributed by atoms with Crippen molar-refractivity contribution in [1.82, 2.24) is 0 Å². The van der Waals surface area contributed by atoms with E-state index in [0.29, 0.717) is 0 Å². The van der Waals surface area contributed by atoms with E-state index in [1.807, 2.05) is 0 Å². The molecule has 1 unspecified atom stereocenters. The average molecular weight is 185 g/mol. The number of carbonyl (C=O) groups excluding carboxylic acids is 2. The van der Waals surface area contributed by atoms with Crippen molar-refractivity contribution in [2.45, 2.75) is 12.3 Å². The molecule has 0 aliphatic carbocycles. The van der Waals surface area contributed by atoms with Gasteiger partial charge in [0.2, 0.25) is 5.24 Å². The summed E-state index contributed by atoms with van der Waals surface area (Å²) >= 11 is 10.3. The van der Waals surface area contributed by atoms with Crippen LogP contribution in [0.4, 0.5) is 0 Å². The summed E-state index contributed by atoms with van der Waals surface area (Å²) in [5.74, 6) is -0.483. The molecule has 0 spiro atoms. The number of ether oxygens (including phenoxy) is 1. The van der Waals surface area contributed by atoms with Gasteiger partial charge in [0.1, 0.15) is 12.0 Å². The molecule has 0 aliphatic heterocycles. The highest BCUT2D eigenvalue weighted by Gasteiger charge is 2.13. The lowest BCUT2D eigenvalue weighted by molar-refractivity contribution is -0.141. The van der Waals surface area contributed by atoms with Crippen molar-refractivity contribution in [3.63, 3.8) is 0 Å². The van der Waals surface area contributed by atoms with Crippen LogP contribution in [0.1, 0.15) is 6.92 Å². The Labute approximate surface area is 68.2 Å². The van der Waals surface area contributed by atoms with Gasteiger partial charge in [-0.15, -0.1) is 11.6 Å². The van der Waals surface area contributed by atoms with Crippen LogP contribution in [0.15, 0.2) is 0 Å². The summed E-state index contributed by atoms with van der Waals surface area (Å²) in [6.07, 6.45) is 0. The molecule has 0 aromatic carbocycles. The minimum absolute atomic E-state index is 0.167. The largest absolute Gasteiger partial charge is 0.464 e. The van der Waals surface area contributed by atoms with E-state index in [4.69, 9.17) is 23.2 Å². The highest BCUT2D eigenvalue weighted by molar-refractivity contribution is 6.69. The number of rotatable bonds is 3. The third-order valence-electron chi connectivity index (χ3n) is 0.679. The fraction of sp³-hybridized carbons (Fsp3) is 0.600. The highest BCUT2D eigenvalue weighted by atomic mass is 35.5. The van der Waals surface area contributed by atoms with Crippen molar-refractivity contribution in [3.05, 3.63) is 0 Å². The fourth-order valence-corrected chi connectivity index (χ4v) is 0.382. The van der Waals surface area contributed by atoms with E-state index in [1.54, 1.807) is 0 Å². The molecule has 1 atom stereocenters. The third kappa shape index (κ3) is 4.58. The smallest absolute Gasteiger partial charge is 0.302 e. The zero-order valence-corrected chi connectivity index (χ0v) is 6.78. The van der Waals surface area contributed by atoms with E-state index >= 15 is 0 Å². The summed E-state index contributed by atoms with van der Waals surface area (Å²) in [5.41, 5.74) is 0. The quantitative estimate of drug-likeness (QED) is 0.373. The summed E-state index contributed by atoms with van der Waals surface area (Å²) < 4.78 is 4.39. The minimum Gasteiger partial charge on any atom is -0.464 e. The van der Waals surface area contributed by atoms with E-state index in [1.165, 1.54) is 6.92 Å². The van der Waals surface area contributed by atoms with Gasteiger partial charge in [-0.3, -0.25) is 9.59 Å². The molecule has 0 heterocycles. The molecule has 0 rings (SSSR count). The Kier molecular flexibility index (Phi) is 4.40. The van der Waals surface area contributed by atoms with Crippen molar-refractivity contribution in [1.29, 1.82) is 0 Å². The maximum absolute atomic E-state index is 10.2. The third-order valence-corrected chi connectivity index (χ3v) is 1.38. The van der Waals surface area contributed by atoms with Gasteiger partial charge >= 0.3 is 5.97 Å². The predicted octanol–water partition coefficient (Wildman–Crippen LogP) is 0.922. The van der Waals surface area contributed by atoms with Gasteiger partial charge < -0.3 is 4.74 Å². The van der Waals surface area contributed by atoms with Crippen LogP contribution in [0.25, 0.3) is 0 Å². The van der Waals surface area contributed by atoms with E-state index < -0.39 is 16.6 Å². The summed E-state index contributed by atoms with van der Waals surface area (Å²) in [6, 6.07) is 0. The number of halogens is 2. The van der Waals surface area contributed by atoms with Gasteiger partial charge in [-0.25, -0.2) is 0 Å². The van der Waals surface area contributed by atoms with Crippen molar-refractivity contribution in [2.24, 2.45) is 0 Å². The highest BCUT2D eigenvalue weighted by Crippen LogP contribution is 2.01. The number of hydrogen-bond donors (Lipinski definition) is 0. The summed E-state index contributed by atoms with van der Waals surface area (Å²) in [6.45, 7) is 1.06. The molecule has 0 aliphatic rings. The lowest BCUT2D eigenvalue weighted by atomic mass is 10.5. The van der Waals surface area contributed by atoms with Crippen LogP contribution in [-0.4, -0.2) is 23.2 Å². The maximum atomic E-state index is 10.2. The van der Waals surface area contributed by atoms with Crippen LogP contribution >= 0.6 is 23.2 Å². The van der Waals surface area contributed by atoms with E-state index in [9.17, 15) is 9.59 Å². The summed E-state index contributed by atoms with van der Waals surface area (Å²) in [4.78, 5) is 20.3. The first-order chi connectivity index (χ1) is 4.54. The minimum atomic E-state index is -0.939. The van der Waals surface area contributed by atoms with Gasteiger partial charge in [0.25, 0.3) is 0 Å². The normalized spacial score (nSPS) is 12.3. The first-order valence-corrected chi connectivity index (χ1v) is 3.32. The monoisotopic (exact) mass is 184 g/mol. The van der Waals surface area contributed by atoms with Crippen LogP contribution in [-0.2, 0) is 14.3 Å². The van der Waals surface area contributed by atoms with Crippen LogP contribution in [0, 0.1) is 0 Å². The topological polar surface area (TPSA) is 43.4 Å². The molecule has 0 saturated carbocycles. The van der Waals surface area contributed by atoms with Crippen molar-refractivity contribution in [3.8, 4) is 0 Å².